The molecule has 10 heteroatoms. The van der Waals surface area contributed by atoms with E-state index in [-0.39, 0.29) is 29.8 Å². The highest BCUT2D eigenvalue weighted by molar-refractivity contribution is 6.01. The van der Waals surface area contributed by atoms with Gasteiger partial charge < -0.3 is 19.1 Å². The number of anilines is 1. The van der Waals surface area contributed by atoms with Crippen molar-refractivity contribution in [1.29, 1.82) is 0 Å². The normalized spacial score (nSPS) is 20.6. The molecule has 2 unspecified atom stereocenters. The molecule has 2 aliphatic rings. The number of benzene rings is 1. The molecule has 1 amide bonds. The molecule has 0 saturated carbocycles. The molecule has 4 aromatic rings. The molecule has 10 nitrogen and oxygen atoms in total. The fourth-order valence-electron chi connectivity index (χ4n) is 6.18. The molecule has 0 spiro atoms. The van der Waals surface area contributed by atoms with Crippen LogP contribution >= 0.6 is 0 Å². The third kappa shape index (κ3) is 4.71. The van der Waals surface area contributed by atoms with Gasteiger partial charge in [-0.2, -0.15) is 5.10 Å². The molecular weight excluding hydrogens is 506 g/mol. The van der Waals surface area contributed by atoms with Crippen LogP contribution in [0.4, 0.5) is 10.6 Å². The Labute approximate surface area is 233 Å². The minimum atomic E-state index is -0.495. The standard InChI is InChI=1S/C30H35N7O3/c1-30(2,3)40-29(39)37-19-7-8-20(37)15-21(14-19)36(5)26-12-11-25(32-33-26)23-10-9-22(24-16-31-34-28(23)24)18-6-13-27(38)35(4)17-18/h6,9-13,16-17,19-21H,7-8,14-15H2,1-5H3,(H,31,34)/t19-,20?,21?/m0/s1. The first kappa shape index (κ1) is 26.0. The van der Waals surface area contributed by atoms with Gasteiger partial charge in [-0.05, 0) is 81.8 Å². The summed E-state index contributed by atoms with van der Waals surface area (Å²) in [6, 6.07) is 12.1. The van der Waals surface area contributed by atoms with Crippen LogP contribution in [-0.2, 0) is 11.8 Å². The Bertz CT molecular complexity index is 1610. The molecule has 1 N–H and O–H groups in total. The summed E-state index contributed by atoms with van der Waals surface area (Å²) in [5, 5.41) is 17.5. The van der Waals surface area contributed by atoms with Gasteiger partial charge >= 0.3 is 6.09 Å². The Morgan fingerprint density at radius 1 is 1.02 bits per heavy atom. The van der Waals surface area contributed by atoms with Crippen molar-refractivity contribution in [2.75, 3.05) is 11.9 Å². The van der Waals surface area contributed by atoms with E-state index in [1.807, 2.05) is 62.2 Å². The SMILES string of the molecule is CN(c1ccc(-c2ccc(-c3ccc(=O)n(C)c3)c3cn[nH]c23)nn1)C1CC2CC[C@@H](C1)N2C(=O)OC(C)(C)C. The summed E-state index contributed by atoms with van der Waals surface area (Å²) in [6.45, 7) is 5.74. The zero-order valence-corrected chi connectivity index (χ0v) is 23.6. The van der Waals surface area contributed by atoms with Crippen molar-refractivity contribution >= 4 is 22.8 Å². The summed E-state index contributed by atoms with van der Waals surface area (Å²) >= 11 is 0. The number of nitrogens with zero attached hydrogens (tertiary/aromatic N) is 6. The molecule has 0 radical (unpaired) electrons. The Hall–Kier alpha value is -4.21. The molecule has 40 heavy (non-hydrogen) atoms. The summed E-state index contributed by atoms with van der Waals surface area (Å²) in [5.74, 6) is 0.807. The van der Waals surface area contributed by atoms with E-state index in [2.05, 4.69) is 32.3 Å². The molecule has 2 fully saturated rings. The number of hydrogen-bond acceptors (Lipinski definition) is 7. The number of piperidine rings is 1. The number of pyridine rings is 1. The molecule has 0 aliphatic carbocycles. The van der Waals surface area contributed by atoms with Crippen LogP contribution in [-0.4, -0.2) is 66.7 Å². The van der Waals surface area contributed by atoms with Crippen LogP contribution in [0.1, 0.15) is 46.5 Å². The number of aryl methyl sites for hydroxylation is 1. The summed E-state index contributed by atoms with van der Waals surface area (Å²) in [5.41, 5.74) is 3.91. The van der Waals surface area contributed by atoms with Crippen LogP contribution < -0.4 is 10.5 Å². The minimum absolute atomic E-state index is 0.0506. The van der Waals surface area contributed by atoms with Crippen molar-refractivity contribution in [1.82, 2.24) is 29.9 Å². The highest BCUT2D eigenvalue weighted by Gasteiger charge is 2.46. The van der Waals surface area contributed by atoms with Crippen molar-refractivity contribution in [3.05, 3.63) is 59.1 Å². The zero-order chi connectivity index (χ0) is 28.2. The number of hydrogen-bond donors (Lipinski definition) is 1. The summed E-state index contributed by atoms with van der Waals surface area (Å²) < 4.78 is 7.26. The van der Waals surface area contributed by atoms with Crippen LogP contribution in [0.5, 0.6) is 0 Å². The lowest BCUT2D eigenvalue weighted by atomic mass is 9.96. The Kier molecular flexibility index (Phi) is 6.35. The zero-order valence-electron chi connectivity index (χ0n) is 23.6. The fourth-order valence-corrected chi connectivity index (χ4v) is 6.18. The topological polar surface area (TPSA) is 109 Å². The second kappa shape index (κ2) is 9.76. The average Bonchev–Trinajstić information content (AvgIpc) is 3.51. The van der Waals surface area contributed by atoms with Gasteiger partial charge in [-0.15, -0.1) is 10.2 Å². The lowest BCUT2D eigenvalue weighted by Gasteiger charge is -2.42. The average molecular weight is 542 g/mol. The van der Waals surface area contributed by atoms with Crippen molar-refractivity contribution in [3.63, 3.8) is 0 Å². The first-order valence-corrected chi connectivity index (χ1v) is 13.8. The Morgan fingerprint density at radius 3 is 2.40 bits per heavy atom. The molecule has 3 atom stereocenters. The number of nitrogens with one attached hydrogen (secondary N) is 1. The molecule has 5 heterocycles. The third-order valence-electron chi connectivity index (χ3n) is 8.16. The van der Waals surface area contributed by atoms with E-state index in [1.54, 1.807) is 23.9 Å². The van der Waals surface area contributed by atoms with Crippen LogP contribution in [0.25, 0.3) is 33.3 Å². The van der Waals surface area contributed by atoms with E-state index in [0.29, 0.717) is 0 Å². The minimum Gasteiger partial charge on any atom is -0.444 e. The van der Waals surface area contributed by atoms with Gasteiger partial charge in [0.2, 0.25) is 5.56 Å². The lowest BCUT2D eigenvalue weighted by Crippen LogP contribution is -2.53. The number of carbonyl (C=O) groups is 1. The number of ether oxygens (including phenoxy) is 1. The van der Waals surface area contributed by atoms with Gasteiger partial charge in [-0.25, -0.2) is 4.79 Å². The predicted molar refractivity (Wildman–Crippen MR) is 154 cm³/mol. The molecule has 2 saturated heterocycles. The monoisotopic (exact) mass is 541 g/mol. The highest BCUT2D eigenvalue weighted by Crippen LogP contribution is 2.39. The molecular formula is C30H35N7O3. The van der Waals surface area contributed by atoms with Crippen LogP contribution in [0.3, 0.4) is 0 Å². The van der Waals surface area contributed by atoms with Crippen molar-refractivity contribution in [3.8, 4) is 22.4 Å². The van der Waals surface area contributed by atoms with Crippen LogP contribution in [0, 0.1) is 0 Å². The molecule has 208 valence electrons. The second-order valence-corrected chi connectivity index (χ2v) is 12.0. The number of H-pyrrole nitrogens is 1. The quantitative estimate of drug-likeness (QED) is 0.397. The van der Waals surface area contributed by atoms with Gasteiger partial charge in [-0.1, -0.05) is 6.07 Å². The first-order chi connectivity index (χ1) is 19.1. The maximum absolute atomic E-state index is 12.8. The summed E-state index contributed by atoms with van der Waals surface area (Å²) in [4.78, 5) is 28.9. The number of carbonyl (C=O) groups excluding carboxylic acids is 1. The van der Waals surface area contributed by atoms with Gasteiger partial charge in [0.1, 0.15) is 5.60 Å². The number of fused-ring (bicyclic) bond motifs is 3. The van der Waals surface area contributed by atoms with E-state index in [1.165, 1.54) is 0 Å². The van der Waals surface area contributed by atoms with E-state index in [4.69, 9.17) is 4.74 Å². The number of rotatable bonds is 4. The van der Waals surface area contributed by atoms with Gasteiger partial charge in [0.15, 0.2) is 5.82 Å². The smallest absolute Gasteiger partial charge is 0.410 e. The first-order valence-electron chi connectivity index (χ1n) is 13.8. The maximum atomic E-state index is 12.8. The number of aromatic amines is 1. The summed E-state index contributed by atoms with van der Waals surface area (Å²) in [6.07, 6.45) is 7.22. The predicted octanol–water partition coefficient (Wildman–Crippen LogP) is 4.75. The van der Waals surface area contributed by atoms with Crippen molar-refractivity contribution in [2.45, 2.75) is 70.2 Å². The second-order valence-electron chi connectivity index (χ2n) is 12.0. The van der Waals surface area contributed by atoms with E-state index < -0.39 is 5.60 Å². The van der Waals surface area contributed by atoms with Crippen LogP contribution in [0.15, 0.2) is 53.6 Å². The van der Waals surface area contributed by atoms with Crippen molar-refractivity contribution < 1.29 is 9.53 Å². The number of amides is 1. The largest absolute Gasteiger partial charge is 0.444 e. The van der Waals surface area contributed by atoms with Crippen molar-refractivity contribution in [2.24, 2.45) is 7.05 Å². The molecule has 3 aromatic heterocycles. The van der Waals surface area contributed by atoms with E-state index in [0.717, 1.165) is 64.8 Å². The van der Waals surface area contributed by atoms with Gasteiger partial charge in [0.25, 0.3) is 0 Å². The molecule has 1 aromatic carbocycles. The van der Waals surface area contributed by atoms with Gasteiger partial charge in [0.05, 0.1) is 17.4 Å². The van der Waals surface area contributed by atoms with Gasteiger partial charge in [-0.3, -0.25) is 9.89 Å². The van der Waals surface area contributed by atoms with E-state index in [9.17, 15) is 9.59 Å². The lowest BCUT2D eigenvalue weighted by molar-refractivity contribution is 0.00597. The Morgan fingerprint density at radius 2 is 1.75 bits per heavy atom. The highest BCUT2D eigenvalue weighted by atomic mass is 16.6. The van der Waals surface area contributed by atoms with Gasteiger partial charge in [0, 0.05) is 55.4 Å². The maximum Gasteiger partial charge on any atom is 0.410 e. The molecule has 2 bridgehead atoms. The fraction of sp³-hybridized carbons (Fsp3) is 0.433. The van der Waals surface area contributed by atoms with E-state index >= 15 is 0 Å². The third-order valence-corrected chi connectivity index (χ3v) is 8.16. The number of aromatic nitrogens is 5. The molecule has 6 rings (SSSR count). The Balaban J connectivity index is 1.21. The molecule has 2 aliphatic heterocycles. The summed E-state index contributed by atoms with van der Waals surface area (Å²) in [7, 11) is 3.81. The van der Waals surface area contributed by atoms with Crippen LogP contribution in [0.2, 0.25) is 0 Å².